The average Bonchev–Trinajstić information content (AvgIpc) is 2.21. The maximum absolute atomic E-state index is 3.53. The van der Waals surface area contributed by atoms with Crippen LogP contribution in [0.5, 0.6) is 0 Å². The molecule has 2 atom stereocenters. The van der Waals surface area contributed by atoms with E-state index in [0.717, 1.165) is 12.5 Å². The number of hydrogen-bond acceptors (Lipinski definition) is 2. The zero-order valence-corrected chi connectivity index (χ0v) is 11.5. The van der Waals surface area contributed by atoms with Crippen LogP contribution in [0.25, 0.3) is 0 Å². The van der Waals surface area contributed by atoms with Gasteiger partial charge >= 0.3 is 0 Å². The van der Waals surface area contributed by atoms with Crippen molar-refractivity contribution in [3.8, 4) is 0 Å². The summed E-state index contributed by atoms with van der Waals surface area (Å²) in [6.07, 6.45) is 2.47. The quantitative estimate of drug-likeness (QED) is 0.668. The van der Waals surface area contributed by atoms with E-state index in [9.17, 15) is 0 Å². The third-order valence-electron chi connectivity index (χ3n) is 3.32. The van der Waals surface area contributed by atoms with Gasteiger partial charge in [-0.25, -0.2) is 0 Å². The summed E-state index contributed by atoms with van der Waals surface area (Å²) >= 11 is 0. The molecule has 0 amide bonds. The van der Waals surface area contributed by atoms with Crippen LogP contribution in [0.3, 0.4) is 0 Å². The van der Waals surface area contributed by atoms with Crippen LogP contribution in [0.1, 0.15) is 47.5 Å². The first-order valence-corrected chi connectivity index (χ1v) is 6.42. The van der Waals surface area contributed by atoms with Gasteiger partial charge in [0.15, 0.2) is 0 Å². The first-order valence-electron chi connectivity index (χ1n) is 6.42. The van der Waals surface area contributed by atoms with Crippen molar-refractivity contribution in [1.29, 1.82) is 0 Å². The maximum Gasteiger partial charge on any atom is 0.00868 e. The molecule has 92 valence electrons. The number of hydrogen-bond donors (Lipinski definition) is 1. The zero-order chi connectivity index (χ0) is 11.8. The minimum absolute atomic E-state index is 0.645. The van der Waals surface area contributed by atoms with Crippen LogP contribution in [0, 0.1) is 5.92 Å². The highest BCUT2D eigenvalue weighted by atomic mass is 15.1. The molecule has 15 heavy (non-hydrogen) atoms. The van der Waals surface area contributed by atoms with Crippen molar-refractivity contribution in [3.63, 3.8) is 0 Å². The Kier molecular flexibility index (Phi) is 8.07. The molecule has 0 rings (SSSR count). The summed E-state index contributed by atoms with van der Waals surface area (Å²) in [5.74, 6) is 0.744. The zero-order valence-electron chi connectivity index (χ0n) is 11.5. The Bertz CT molecular complexity index is 145. The van der Waals surface area contributed by atoms with Crippen molar-refractivity contribution < 1.29 is 0 Å². The predicted molar refractivity (Wildman–Crippen MR) is 69.3 cm³/mol. The summed E-state index contributed by atoms with van der Waals surface area (Å²) in [6.45, 7) is 13.7. The molecule has 2 unspecified atom stereocenters. The molecule has 0 fully saturated rings. The Morgan fingerprint density at radius 3 is 2.20 bits per heavy atom. The van der Waals surface area contributed by atoms with Gasteiger partial charge in [0.2, 0.25) is 0 Å². The van der Waals surface area contributed by atoms with Crippen molar-refractivity contribution in [2.45, 2.75) is 59.5 Å². The Balaban J connectivity index is 3.65. The Labute approximate surface area is 96.4 Å². The molecule has 0 aromatic heterocycles. The largest absolute Gasteiger partial charge is 0.314 e. The normalized spacial score (nSPS) is 16.0. The van der Waals surface area contributed by atoms with Crippen LogP contribution in [0.15, 0.2) is 0 Å². The fourth-order valence-electron chi connectivity index (χ4n) is 1.60. The highest BCUT2D eigenvalue weighted by molar-refractivity contribution is 4.69. The first-order chi connectivity index (χ1) is 6.99. The molecule has 0 aromatic carbocycles. The van der Waals surface area contributed by atoms with Gasteiger partial charge in [0.25, 0.3) is 0 Å². The summed E-state index contributed by atoms with van der Waals surface area (Å²) in [5.41, 5.74) is 0. The summed E-state index contributed by atoms with van der Waals surface area (Å²) in [5, 5.41) is 3.53. The fraction of sp³-hybridized carbons (Fsp3) is 1.00. The molecule has 0 saturated carbocycles. The van der Waals surface area contributed by atoms with Gasteiger partial charge in [-0.2, -0.15) is 0 Å². The molecule has 0 aliphatic carbocycles. The van der Waals surface area contributed by atoms with E-state index >= 15 is 0 Å². The predicted octanol–water partition coefficient (Wildman–Crippen LogP) is 2.74. The lowest BCUT2D eigenvalue weighted by Crippen LogP contribution is -2.37. The fourth-order valence-corrected chi connectivity index (χ4v) is 1.60. The first kappa shape index (κ1) is 14.9. The molecule has 2 heteroatoms. The molecule has 1 N–H and O–H groups in total. The molecule has 0 saturated heterocycles. The van der Waals surface area contributed by atoms with Gasteiger partial charge in [0.05, 0.1) is 0 Å². The van der Waals surface area contributed by atoms with Gasteiger partial charge in [0, 0.05) is 12.1 Å². The molecular weight excluding hydrogens is 184 g/mol. The van der Waals surface area contributed by atoms with Crippen molar-refractivity contribution in [2.24, 2.45) is 5.92 Å². The van der Waals surface area contributed by atoms with Gasteiger partial charge in [-0.05, 0) is 52.7 Å². The number of nitrogens with one attached hydrogen (secondary N) is 1. The molecule has 0 aromatic rings. The molecule has 0 spiro atoms. The lowest BCUT2D eigenvalue weighted by molar-refractivity contribution is 0.199. The topological polar surface area (TPSA) is 15.3 Å². The molecule has 0 aliphatic heterocycles. The third kappa shape index (κ3) is 6.91. The molecule has 0 radical (unpaired) electrons. The van der Waals surface area contributed by atoms with Gasteiger partial charge < -0.3 is 10.2 Å². The summed E-state index contributed by atoms with van der Waals surface area (Å²) in [7, 11) is 2.23. The molecule has 0 bridgehead atoms. The molecule has 0 heterocycles. The minimum Gasteiger partial charge on any atom is -0.314 e. The van der Waals surface area contributed by atoms with Gasteiger partial charge in [0.1, 0.15) is 0 Å². The minimum atomic E-state index is 0.645. The number of nitrogens with zero attached hydrogens (tertiary/aromatic N) is 1. The average molecular weight is 214 g/mol. The van der Waals surface area contributed by atoms with E-state index in [1.165, 1.54) is 19.4 Å². The Morgan fingerprint density at radius 1 is 1.13 bits per heavy atom. The van der Waals surface area contributed by atoms with E-state index in [1.54, 1.807) is 0 Å². The van der Waals surface area contributed by atoms with E-state index in [-0.39, 0.29) is 0 Å². The van der Waals surface area contributed by atoms with E-state index < -0.39 is 0 Å². The van der Waals surface area contributed by atoms with Crippen LogP contribution in [-0.2, 0) is 0 Å². The number of rotatable bonds is 8. The van der Waals surface area contributed by atoms with Crippen LogP contribution in [0.2, 0.25) is 0 Å². The van der Waals surface area contributed by atoms with Gasteiger partial charge in [-0.1, -0.05) is 20.8 Å². The Hall–Kier alpha value is -0.0800. The second-order valence-electron chi connectivity index (χ2n) is 5.11. The van der Waals surface area contributed by atoms with Crippen molar-refractivity contribution in [3.05, 3.63) is 0 Å². The third-order valence-corrected chi connectivity index (χ3v) is 3.32. The van der Waals surface area contributed by atoms with Crippen molar-refractivity contribution in [2.75, 3.05) is 20.1 Å². The van der Waals surface area contributed by atoms with Crippen LogP contribution < -0.4 is 5.32 Å². The molecule has 0 aliphatic rings. The summed E-state index contributed by atoms with van der Waals surface area (Å²) in [6, 6.07) is 1.33. The summed E-state index contributed by atoms with van der Waals surface area (Å²) in [4.78, 5) is 2.47. The smallest absolute Gasteiger partial charge is 0.00868 e. The Morgan fingerprint density at radius 2 is 1.73 bits per heavy atom. The lowest BCUT2D eigenvalue weighted by atomic mass is 10.0. The van der Waals surface area contributed by atoms with Crippen LogP contribution in [0.4, 0.5) is 0 Å². The molecular formula is C13H30N2. The monoisotopic (exact) mass is 214 g/mol. The van der Waals surface area contributed by atoms with Gasteiger partial charge in [-0.15, -0.1) is 0 Å². The molecule has 2 nitrogen and oxygen atoms in total. The maximum atomic E-state index is 3.53. The van der Waals surface area contributed by atoms with Crippen LogP contribution >= 0.6 is 0 Å². The second kappa shape index (κ2) is 8.12. The standard InChI is InChI=1S/C13H30N2/c1-7-9-14-12(4)8-10-15(6)13(5)11(2)3/h11-14H,7-10H2,1-6H3. The van der Waals surface area contributed by atoms with Gasteiger partial charge in [-0.3, -0.25) is 0 Å². The second-order valence-corrected chi connectivity index (χ2v) is 5.11. The summed E-state index contributed by atoms with van der Waals surface area (Å²) < 4.78 is 0. The van der Waals surface area contributed by atoms with E-state index in [2.05, 4.69) is 51.9 Å². The SMILES string of the molecule is CCCNC(C)CCN(C)C(C)C(C)C. The van der Waals surface area contributed by atoms with Crippen molar-refractivity contribution in [1.82, 2.24) is 10.2 Å². The van der Waals surface area contributed by atoms with Crippen LogP contribution in [-0.4, -0.2) is 37.1 Å². The van der Waals surface area contributed by atoms with E-state index in [0.29, 0.717) is 12.1 Å². The highest BCUT2D eigenvalue weighted by Gasteiger charge is 2.13. The van der Waals surface area contributed by atoms with E-state index in [1.807, 2.05) is 0 Å². The van der Waals surface area contributed by atoms with E-state index in [4.69, 9.17) is 0 Å². The lowest BCUT2D eigenvalue weighted by Gasteiger charge is -2.29. The highest BCUT2D eigenvalue weighted by Crippen LogP contribution is 2.08. The van der Waals surface area contributed by atoms with Crippen molar-refractivity contribution >= 4 is 0 Å².